The van der Waals surface area contributed by atoms with Crippen LogP contribution in [-0.4, -0.2) is 36.4 Å². The van der Waals surface area contributed by atoms with E-state index < -0.39 is 10.0 Å². The second kappa shape index (κ2) is 6.88. The van der Waals surface area contributed by atoms with E-state index >= 15 is 0 Å². The Balaban J connectivity index is 3.33. The van der Waals surface area contributed by atoms with E-state index in [9.17, 15) is 8.42 Å². The van der Waals surface area contributed by atoms with Gasteiger partial charge in [0.25, 0.3) is 0 Å². The van der Waals surface area contributed by atoms with Crippen LogP contribution in [0.4, 0.5) is 0 Å². The highest BCUT2D eigenvalue weighted by molar-refractivity contribution is 9.11. The van der Waals surface area contributed by atoms with Crippen molar-refractivity contribution in [3.05, 3.63) is 27.1 Å². The minimum Gasteiger partial charge on any atom is -0.409 e. The number of nitrogens with two attached hydrogens (primary N) is 1. The predicted octanol–water partition coefficient (Wildman–Crippen LogP) is 2.36. The lowest BCUT2D eigenvalue weighted by Crippen LogP contribution is -2.42. The summed E-state index contributed by atoms with van der Waals surface area (Å²) in [6.07, 6.45) is 0. The van der Waals surface area contributed by atoms with Gasteiger partial charge in [0.15, 0.2) is 5.84 Å². The lowest BCUT2D eigenvalue weighted by molar-refractivity contribution is 0.312. The standard InChI is InChI=1S/C11H15Br2N3O3S/c1-7(2)16(6-11(14)15-17)20(18,19)10-5-8(12)3-4-9(10)13/h3-5,7,17H,6H2,1-2H3,(H2,14,15). The maximum absolute atomic E-state index is 12.7. The van der Waals surface area contributed by atoms with Crippen LogP contribution in [0.25, 0.3) is 0 Å². The second-order valence-electron chi connectivity index (χ2n) is 4.31. The van der Waals surface area contributed by atoms with Crippen LogP contribution in [0.15, 0.2) is 37.2 Å². The Bertz CT molecular complexity index is 617. The number of oxime groups is 1. The van der Waals surface area contributed by atoms with Gasteiger partial charge in [-0.3, -0.25) is 0 Å². The monoisotopic (exact) mass is 427 g/mol. The lowest BCUT2D eigenvalue weighted by Gasteiger charge is -2.25. The van der Waals surface area contributed by atoms with Gasteiger partial charge in [0, 0.05) is 15.0 Å². The maximum atomic E-state index is 12.7. The first kappa shape index (κ1) is 17.4. The minimum absolute atomic E-state index is 0.117. The SMILES string of the molecule is CC(C)N(CC(N)=NO)S(=O)(=O)c1cc(Br)ccc1Br. The average Bonchev–Trinajstić information content (AvgIpc) is 2.37. The van der Waals surface area contributed by atoms with Crippen LogP contribution in [0.5, 0.6) is 0 Å². The molecule has 0 aliphatic carbocycles. The highest BCUT2D eigenvalue weighted by atomic mass is 79.9. The fourth-order valence-electron chi connectivity index (χ4n) is 1.54. The van der Waals surface area contributed by atoms with Crippen molar-refractivity contribution in [2.75, 3.05) is 6.54 Å². The molecule has 0 bridgehead atoms. The van der Waals surface area contributed by atoms with E-state index in [0.29, 0.717) is 8.95 Å². The molecule has 6 nitrogen and oxygen atoms in total. The van der Waals surface area contributed by atoms with Crippen LogP contribution in [0.2, 0.25) is 0 Å². The predicted molar refractivity (Wildman–Crippen MR) is 84.3 cm³/mol. The second-order valence-corrected chi connectivity index (χ2v) is 7.94. The molecule has 0 spiro atoms. The third-order valence-corrected chi connectivity index (χ3v) is 6.01. The van der Waals surface area contributed by atoms with E-state index in [0.717, 1.165) is 4.31 Å². The molecule has 1 aromatic carbocycles. The van der Waals surface area contributed by atoms with E-state index in [4.69, 9.17) is 10.9 Å². The molecule has 0 unspecified atom stereocenters. The summed E-state index contributed by atoms with van der Waals surface area (Å²) in [5.74, 6) is -0.173. The third-order valence-electron chi connectivity index (χ3n) is 2.50. The summed E-state index contributed by atoms with van der Waals surface area (Å²) >= 11 is 6.48. The summed E-state index contributed by atoms with van der Waals surface area (Å²) in [6.45, 7) is 3.25. The number of sulfonamides is 1. The lowest BCUT2D eigenvalue weighted by atomic mass is 10.4. The minimum atomic E-state index is -3.77. The van der Waals surface area contributed by atoms with Gasteiger partial charge >= 0.3 is 0 Å². The Labute approximate surface area is 134 Å². The van der Waals surface area contributed by atoms with Crippen molar-refractivity contribution in [2.24, 2.45) is 10.9 Å². The Morgan fingerprint density at radius 1 is 1.45 bits per heavy atom. The molecule has 112 valence electrons. The molecular weight excluding hydrogens is 414 g/mol. The molecule has 0 atom stereocenters. The summed E-state index contributed by atoms with van der Waals surface area (Å²) in [7, 11) is -3.77. The molecule has 0 aliphatic rings. The quantitative estimate of drug-likeness (QED) is 0.325. The van der Waals surface area contributed by atoms with Gasteiger partial charge in [0.2, 0.25) is 10.0 Å². The van der Waals surface area contributed by atoms with Gasteiger partial charge in [-0.25, -0.2) is 8.42 Å². The van der Waals surface area contributed by atoms with Gasteiger partial charge in [-0.15, -0.1) is 0 Å². The average molecular weight is 429 g/mol. The molecule has 0 aromatic heterocycles. The first-order valence-corrected chi connectivity index (χ1v) is 8.66. The molecule has 20 heavy (non-hydrogen) atoms. The van der Waals surface area contributed by atoms with Crippen molar-refractivity contribution in [1.29, 1.82) is 0 Å². The van der Waals surface area contributed by atoms with Crippen LogP contribution in [0.3, 0.4) is 0 Å². The highest BCUT2D eigenvalue weighted by Crippen LogP contribution is 2.29. The van der Waals surface area contributed by atoms with Crippen LogP contribution in [0, 0.1) is 0 Å². The zero-order valence-electron chi connectivity index (χ0n) is 10.9. The summed E-state index contributed by atoms with van der Waals surface area (Å²) in [4.78, 5) is 0.117. The van der Waals surface area contributed by atoms with Crippen LogP contribution < -0.4 is 5.73 Å². The largest absolute Gasteiger partial charge is 0.409 e. The van der Waals surface area contributed by atoms with E-state index in [2.05, 4.69) is 37.0 Å². The number of rotatable bonds is 5. The molecule has 3 N–H and O–H groups in total. The zero-order chi connectivity index (χ0) is 15.5. The van der Waals surface area contributed by atoms with Crippen molar-refractivity contribution in [2.45, 2.75) is 24.8 Å². The zero-order valence-corrected chi connectivity index (χ0v) is 14.9. The summed E-state index contributed by atoms with van der Waals surface area (Å²) in [5, 5.41) is 11.5. The summed E-state index contributed by atoms with van der Waals surface area (Å²) in [5.41, 5.74) is 5.43. The summed E-state index contributed by atoms with van der Waals surface area (Å²) in [6, 6.07) is 4.53. The van der Waals surface area contributed by atoms with Gasteiger partial charge < -0.3 is 10.9 Å². The first-order valence-electron chi connectivity index (χ1n) is 5.63. The van der Waals surface area contributed by atoms with Gasteiger partial charge in [-0.1, -0.05) is 21.1 Å². The van der Waals surface area contributed by atoms with Crippen molar-refractivity contribution >= 4 is 47.7 Å². The number of hydrogen-bond acceptors (Lipinski definition) is 4. The fraction of sp³-hybridized carbons (Fsp3) is 0.364. The maximum Gasteiger partial charge on any atom is 0.244 e. The van der Waals surface area contributed by atoms with Crippen LogP contribution in [0.1, 0.15) is 13.8 Å². The molecule has 0 aliphatic heterocycles. The normalized spacial score (nSPS) is 13.2. The van der Waals surface area contributed by atoms with E-state index in [1.165, 1.54) is 6.07 Å². The van der Waals surface area contributed by atoms with Crippen LogP contribution >= 0.6 is 31.9 Å². The Kier molecular flexibility index (Phi) is 5.99. The van der Waals surface area contributed by atoms with E-state index in [1.54, 1.807) is 26.0 Å². The number of benzene rings is 1. The molecule has 9 heteroatoms. The highest BCUT2D eigenvalue weighted by Gasteiger charge is 2.29. The molecule has 0 heterocycles. The number of halogens is 2. The van der Waals surface area contributed by atoms with E-state index in [1.807, 2.05) is 0 Å². The molecular formula is C11H15Br2N3O3S. The van der Waals surface area contributed by atoms with Gasteiger partial charge in [-0.05, 0) is 48.0 Å². The number of amidine groups is 1. The van der Waals surface area contributed by atoms with Crippen LogP contribution in [-0.2, 0) is 10.0 Å². The topological polar surface area (TPSA) is 96.0 Å². The molecule has 0 radical (unpaired) electrons. The third kappa shape index (κ3) is 3.94. The first-order chi connectivity index (χ1) is 9.20. The number of nitrogens with zero attached hydrogens (tertiary/aromatic N) is 2. The van der Waals surface area contributed by atoms with Crippen molar-refractivity contribution in [3.8, 4) is 0 Å². The fourth-order valence-corrected chi connectivity index (χ4v) is 4.61. The summed E-state index contributed by atoms with van der Waals surface area (Å²) < 4.78 is 27.6. The Hall–Kier alpha value is -0.640. The number of hydrogen-bond donors (Lipinski definition) is 2. The van der Waals surface area contributed by atoms with E-state index in [-0.39, 0.29) is 23.3 Å². The molecule has 1 aromatic rings. The molecule has 0 saturated carbocycles. The molecule has 0 saturated heterocycles. The Morgan fingerprint density at radius 3 is 2.55 bits per heavy atom. The Morgan fingerprint density at radius 2 is 2.05 bits per heavy atom. The van der Waals surface area contributed by atoms with Gasteiger partial charge in [0.1, 0.15) is 0 Å². The van der Waals surface area contributed by atoms with Crippen molar-refractivity contribution in [3.63, 3.8) is 0 Å². The molecule has 0 amide bonds. The molecule has 0 fully saturated rings. The molecule has 1 rings (SSSR count). The van der Waals surface area contributed by atoms with Gasteiger partial charge in [0.05, 0.1) is 11.4 Å². The van der Waals surface area contributed by atoms with Crippen molar-refractivity contribution < 1.29 is 13.6 Å². The smallest absolute Gasteiger partial charge is 0.244 e. The van der Waals surface area contributed by atoms with Gasteiger partial charge in [-0.2, -0.15) is 4.31 Å². The van der Waals surface area contributed by atoms with Crippen molar-refractivity contribution in [1.82, 2.24) is 4.31 Å².